The highest BCUT2D eigenvalue weighted by Gasteiger charge is 2.28. The normalized spacial score (nSPS) is 17.4. The van der Waals surface area contributed by atoms with Crippen molar-refractivity contribution in [3.8, 4) is 0 Å². The minimum Gasteiger partial charge on any atom is -0.453 e. The van der Waals surface area contributed by atoms with Crippen LogP contribution in [0.25, 0.3) is 0 Å². The summed E-state index contributed by atoms with van der Waals surface area (Å²) < 4.78 is 4.49. The van der Waals surface area contributed by atoms with Crippen molar-refractivity contribution in [3.05, 3.63) is 35.4 Å². The van der Waals surface area contributed by atoms with Gasteiger partial charge < -0.3 is 15.0 Å². The average molecular weight is 304 g/mol. The van der Waals surface area contributed by atoms with Crippen molar-refractivity contribution in [2.75, 3.05) is 20.2 Å². The number of hydrogen-bond donors (Lipinski definition) is 1. The van der Waals surface area contributed by atoms with Crippen molar-refractivity contribution < 1.29 is 14.3 Å². The number of nitrogens with one attached hydrogen (secondary N) is 1. The van der Waals surface area contributed by atoms with E-state index in [0.29, 0.717) is 13.0 Å². The smallest absolute Gasteiger partial charge is 0.406 e. The molecule has 1 N–H and O–H groups in total. The van der Waals surface area contributed by atoms with Gasteiger partial charge in [-0.05, 0) is 31.7 Å². The molecule has 1 fully saturated rings. The molecule has 0 aromatic heterocycles. The van der Waals surface area contributed by atoms with Crippen molar-refractivity contribution in [3.63, 3.8) is 0 Å². The number of aryl methyl sites for hydroxylation is 1. The number of carbonyl (C=O) groups excluding carboxylic acids is 2. The van der Waals surface area contributed by atoms with Gasteiger partial charge in [0.25, 0.3) is 0 Å². The molecular formula is C17H24N2O3. The van der Waals surface area contributed by atoms with Crippen LogP contribution in [0.5, 0.6) is 0 Å². The standard InChI is InChI=1S/C17H24N2O3/c1-13-5-7-14(8-6-13)12-15-4-3-11-19(15)16(20)9-10-18-17(21)22-2/h5-8,15H,3-4,9-12H2,1-2H3,(H,18,21). The first-order valence-corrected chi connectivity index (χ1v) is 7.77. The Labute approximate surface area is 131 Å². The van der Waals surface area contributed by atoms with E-state index in [4.69, 9.17) is 0 Å². The first kappa shape index (κ1) is 16.3. The topological polar surface area (TPSA) is 58.6 Å². The number of benzene rings is 1. The molecule has 1 saturated heterocycles. The summed E-state index contributed by atoms with van der Waals surface area (Å²) in [7, 11) is 1.31. The second-order valence-corrected chi connectivity index (χ2v) is 5.74. The van der Waals surface area contributed by atoms with E-state index in [1.807, 2.05) is 4.90 Å². The van der Waals surface area contributed by atoms with Crippen molar-refractivity contribution in [1.29, 1.82) is 0 Å². The van der Waals surface area contributed by atoms with Crippen LogP contribution in [0.15, 0.2) is 24.3 Å². The molecule has 5 nitrogen and oxygen atoms in total. The molecule has 2 rings (SSSR count). The summed E-state index contributed by atoms with van der Waals surface area (Å²) in [6.07, 6.45) is 2.82. The number of likely N-dealkylation sites (tertiary alicyclic amines) is 1. The van der Waals surface area contributed by atoms with E-state index >= 15 is 0 Å². The number of carbonyl (C=O) groups is 2. The van der Waals surface area contributed by atoms with Crippen LogP contribution >= 0.6 is 0 Å². The molecule has 0 radical (unpaired) electrons. The van der Waals surface area contributed by atoms with Gasteiger partial charge in [0.15, 0.2) is 0 Å². The fourth-order valence-corrected chi connectivity index (χ4v) is 2.86. The Balaban J connectivity index is 1.85. The molecule has 1 unspecified atom stereocenters. The average Bonchev–Trinajstić information content (AvgIpc) is 2.97. The third kappa shape index (κ3) is 4.48. The second-order valence-electron chi connectivity index (χ2n) is 5.74. The highest BCUT2D eigenvalue weighted by Crippen LogP contribution is 2.22. The van der Waals surface area contributed by atoms with E-state index in [-0.39, 0.29) is 11.9 Å². The lowest BCUT2D eigenvalue weighted by atomic mass is 10.0. The number of ether oxygens (including phenoxy) is 1. The fourth-order valence-electron chi connectivity index (χ4n) is 2.86. The van der Waals surface area contributed by atoms with Gasteiger partial charge in [-0.2, -0.15) is 0 Å². The summed E-state index contributed by atoms with van der Waals surface area (Å²) in [5, 5.41) is 2.55. The fraction of sp³-hybridized carbons (Fsp3) is 0.529. The SMILES string of the molecule is COC(=O)NCCC(=O)N1CCCC1Cc1ccc(C)cc1. The Hall–Kier alpha value is -2.04. The molecule has 2 amide bonds. The van der Waals surface area contributed by atoms with Crippen LogP contribution in [-0.2, 0) is 16.0 Å². The zero-order chi connectivity index (χ0) is 15.9. The number of rotatable bonds is 5. The minimum atomic E-state index is -0.495. The van der Waals surface area contributed by atoms with E-state index in [0.717, 1.165) is 25.8 Å². The summed E-state index contributed by atoms with van der Waals surface area (Å²) in [4.78, 5) is 25.3. The number of methoxy groups -OCH3 is 1. The lowest BCUT2D eigenvalue weighted by molar-refractivity contribution is -0.131. The summed E-state index contributed by atoms with van der Waals surface area (Å²) in [6.45, 7) is 3.20. The van der Waals surface area contributed by atoms with Crippen molar-refractivity contribution in [1.82, 2.24) is 10.2 Å². The van der Waals surface area contributed by atoms with Gasteiger partial charge >= 0.3 is 6.09 Å². The molecular weight excluding hydrogens is 280 g/mol. The van der Waals surface area contributed by atoms with E-state index in [1.54, 1.807) is 0 Å². The molecule has 1 heterocycles. The van der Waals surface area contributed by atoms with Crippen LogP contribution in [0.3, 0.4) is 0 Å². The Morgan fingerprint density at radius 2 is 2.05 bits per heavy atom. The molecule has 0 spiro atoms. The molecule has 5 heteroatoms. The molecule has 1 aliphatic rings. The van der Waals surface area contributed by atoms with Gasteiger partial charge in [0.05, 0.1) is 7.11 Å². The number of amides is 2. The van der Waals surface area contributed by atoms with Gasteiger partial charge in [-0.15, -0.1) is 0 Å². The quantitative estimate of drug-likeness (QED) is 0.908. The van der Waals surface area contributed by atoms with Gasteiger partial charge in [-0.1, -0.05) is 29.8 Å². The van der Waals surface area contributed by atoms with Gasteiger partial charge in [-0.25, -0.2) is 4.79 Å². The first-order valence-electron chi connectivity index (χ1n) is 7.77. The largest absolute Gasteiger partial charge is 0.453 e. The maximum atomic E-state index is 12.3. The molecule has 1 aliphatic heterocycles. The summed E-state index contributed by atoms with van der Waals surface area (Å²) in [5.74, 6) is 0.103. The Kier molecular flexibility index (Phi) is 5.81. The van der Waals surface area contributed by atoms with Crippen LogP contribution in [-0.4, -0.2) is 43.1 Å². The monoisotopic (exact) mass is 304 g/mol. The second kappa shape index (κ2) is 7.82. The highest BCUT2D eigenvalue weighted by atomic mass is 16.5. The summed E-state index contributed by atoms with van der Waals surface area (Å²) in [5.41, 5.74) is 2.51. The Morgan fingerprint density at radius 1 is 1.32 bits per heavy atom. The Bertz CT molecular complexity index is 513. The maximum Gasteiger partial charge on any atom is 0.406 e. The molecule has 22 heavy (non-hydrogen) atoms. The lowest BCUT2D eigenvalue weighted by Gasteiger charge is -2.25. The van der Waals surface area contributed by atoms with Crippen molar-refractivity contribution in [2.45, 2.75) is 38.6 Å². The highest BCUT2D eigenvalue weighted by molar-refractivity contribution is 5.77. The van der Waals surface area contributed by atoms with Crippen LogP contribution in [0.4, 0.5) is 4.79 Å². The zero-order valence-corrected chi connectivity index (χ0v) is 13.3. The van der Waals surface area contributed by atoms with Gasteiger partial charge in [0, 0.05) is 25.6 Å². The van der Waals surface area contributed by atoms with E-state index in [9.17, 15) is 9.59 Å². The van der Waals surface area contributed by atoms with Crippen LogP contribution in [0.2, 0.25) is 0 Å². The predicted molar refractivity (Wildman–Crippen MR) is 84.6 cm³/mol. The summed E-state index contributed by atoms with van der Waals surface area (Å²) >= 11 is 0. The molecule has 0 aliphatic carbocycles. The number of alkyl carbamates (subject to hydrolysis) is 1. The van der Waals surface area contributed by atoms with Gasteiger partial charge in [-0.3, -0.25) is 4.79 Å². The van der Waals surface area contributed by atoms with Crippen LogP contribution in [0.1, 0.15) is 30.4 Å². The van der Waals surface area contributed by atoms with Gasteiger partial charge in [0.1, 0.15) is 0 Å². The maximum absolute atomic E-state index is 12.3. The molecule has 0 saturated carbocycles. The van der Waals surface area contributed by atoms with E-state index < -0.39 is 6.09 Å². The zero-order valence-electron chi connectivity index (χ0n) is 13.3. The third-order valence-corrected chi connectivity index (χ3v) is 4.08. The van der Waals surface area contributed by atoms with E-state index in [2.05, 4.69) is 41.2 Å². The van der Waals surface area contributed by atoms with Crippen molar-refractivity contribution in [2.24, 2.45) is 0 Å². The molecule has 1 aromatic carbocycles. The van der Waals surface area contributed by atoms with Crippen LogP contribution < -0.4 is 5.32 Å². The third-order valence-electron chi connectivity index (χ3n) is 4.08. The van der Waals surface area contributed by atoms with E-state index in [1.165, 1.54) is 18.2 Å². The Morgan fingerprint density at radius 3 is 2.73 bits per heavy atom. The molecule has 1 aromatic rings. The molecule has 1 atom stereocenters. The first-order chi connectivity index (χ1) is 10.6. The number of nitrogens with zero attached hydrogens (tertiary/aromatic N) is 1. The predicted octanol–water partition coefficient (Wildman–Crippen LogP) is 2.27. The minimum absolute atomic E-state index is 0.103. The van der Waals surface area contributed by atoms with Gasteiger partial charge in [0.2, 0.25) is 5.91 Å². The molecule has 0 bridgehead atoms. The van der Waals surface area contributed by atoms with Crippen LogP contribution in [0, 0.1) is 6.92 Å². The van der Waals surface area contributed by atoms with Crippen molar-refractivity contribution >= 4 is 12.0 Å². The number of hydrogen-bond acceptors (Lipinski definition) is 3. The molecule has 120 valence electrons. The summed E-state index contributed by atoms with van der Waals surface area (Å²) in [6, 6.07) is 8.76. The lowest BCUT2D eigenvalue weighted by Crippen LogP contribution is -2.38.